The van der Waals surface area contributed by atoms with Crippen LogP contribution in [0.4, 0.5) is 0 Å². The molecule has 114 valence electrons. The van der Waals surface area contributed by atoms with Crippen molar-refractivity contribution in [1.82, 2.24) is 10.2 Å². The number of ether oxygens (including phenoxy) is 1. The lowest BCUT2D eigenvalue weighted by Crippen LogP contribution is -2.17. The van der Waals surface area contributed by atoms with E-state index in [9.17, 15) is 4.79 Å². The number of hydrogen-bond donors (Lipinski definition) is 0. The number of aryl methyl sites for hydroxylation is 1. The Hall–Kier alpha value is -1.76. The first-order valence-corrected chi connectivity index (χ1v) is 7.71. The fourth-order valence-corrected chi connectivity index (χ4v) is 2.29. The van der Waals surface area contributed by atoms with Gasteiger partial charge >= 0.3 is 5.97 Å². The van der Waals surface area contributed by atoms with E-state index in [1.165, 1.54) is 11.8 Å². The van der Waals surface area contributed by atoms with E-state index in [0.717, 1.165) is 18.4 Å². The van der Waals surface area contributed by atoms with Crippen molar-refractivity contribution >= 4 is 17.7 Å². The maximum atomic E-state index is 11.8. The molecule has 0 fully saturated rings. The average Bonchev–Trinajstić information content (AvgIpc) is 3.07. The minimum atomic E-state index is -0.388. The topological polar surface area (TPSA) is 78.4 Å². The van der Waals surface area contributed by atoms with Gasteiger partial charge in [-0.05, 0) is 26.3 Å². The van der Waals surface area contributed by atoms with Gasteiger partial charge in [-0.1, -0.05) is 25.1 Å². The molecule has 0 saturated heterocycles. The summed E-state index contributed by atoms with van der Waals surface area (Å²) in [5.74, 6) is 0.824. The summed E-state index contributed by atoms with van der Waals surface area (Å²) in [7, 11) is 0. The van der Waals surface area contributed by atoms with Crippen LogP contribution >= 0.6 is 11.8 Å². The average molecular weight is 310 g/mol. The normalized spacial score (nSPS) is 12.3. The highest BCUT2D eigenvalue weighted by Gasteiger charge is 2.20. The summed E-state index contributed by atoms with van der Waals surface area (Å²) in [6.45, 7) is 6.07. The second-order valence-corrected chi connectivity index (χ2v) is 5.84. The Kier molecular flexibility index (Phi) is 5.44. The van der Waals surface area contributed by atoms with E-state index in [4.69, 9.17) is 13.6 Å². The van der Waals surface area contributed by atoms with E-state index in [0.29, 0.717) is 23.5 Å². The largest absolute Gasteiger partial charge is 0.469 e. The Labute approximate surface area is 127 Å². The first kappa shape index (κ1) is 15.6. The fraction of sp³-hybridized carbons (Fsp3) is 0.500. The molecule has 7 heteroatoms. The van der Waals surface area contributed by atoms with Crippen LogP contribution in [-0.4, -0.2) is 28.0 Å². The van der Waals surface area contributed by atoms with Gasteiger partial charge in [0.2, 0.25) is 0 Å². The lowest BCUT2D eigenvalue weighted by molar-refractivity contribution is -0.142. The molecule has 2 rings (SSSR count). The molecule has 0 aliphatic heterocycles. The molecular formula is C14H18N2O4S. The Morgan fingerprint density at radius 2 is 2.29 bits per heavy atom. The van der Waals surface area contributed by atoms with Crippen molar-refractivity contribution in [2.45, 2.75) is 44.1 Å². The van der Waals surface area contributed by atoms with Gasteiger partial charge in [0, 0.05) is 0 Å². The monoisotopic (exact) mass is 310 g/mol. The quantitative estimate of drug-likeness (QED) is 0.440. The fourth-order valence-electron chi connectivity index (χ4n) is 1.61. The third-order valence-electron chi connectivity index (χ3n) is 2.85. The van der Waals surface area contributed by atoms with Crippen LogP contribution in [-0.2, 0) is 9.53 Å². The molecule has 1 unspecified atom stereocenters. The number of hydrogen-bond acceptors (Lipinski definition) is 7. The van der Waals surface area contributed by atoms with Crippen LogP contribution in [0.15, 0.2) is 26.4 Å². The lowest BCUT2D eigenvalue weighted by atomic mass is 10.3. The van der Waals surface area contributed by atoms with Gasteiger partial charge in [0.05, 0.1) is 18.4 Å². The van der Waals surface area contributed by atoms with Crippen molar-refractivity contribution in [3.8, 4) is 11.5 Å². The van der Waals surface area contributed by atoms with Gasteiger partial charge in [0.1, 0.15) is 11.0 Å². The molecule has 0 saturated carbocycles. The molecule has 21 heavy (non-hydrogen) atoms. The Bertz CT molecular complexity index is 593. The molecule has 0 aromatic carbocycles. The Morgan fingerprint density at radius 1 is 1.48 bits per heavy atom. The van der Waals surface area contributed by atoms with Crippen molar-refractivity contribution in [2.24, 2.45) is 0 Å². The molecule has 0 bridgehead atoms. The number of carbonyl (C=O) groups excluding carboxylic acids is 1. The van der Waals surface area contributed by atoms with E-state index >= 15 is 0 Å². The van der Waals surface area contributed by atoms with Gasteiger partial charge in [-0.25, -0.2) is 0 Å². The SMILES string of the molecule is CCCCOC(=O)C(C)Sc1nnc(-c2ccoc2C)o1. The summed E-state index contributed by atoms with van der Waals surface area (Å²) in [4.78, 5) is 11.8. The van der Waals surface area contributed by atoms with Crippen molar-refractivity contribution in [2.75, 3.05) is 6.61 Å². The van der Waals surface area contributed by atoms with Gasteiger partial charge in [0.15, 0.2) is 0 Å². The van der Waals surface area contributed by atoms with Crippen LogP contribution in [0.2, 0.25) is 0 Å². The summed E-state index contributed by atoms with van der Waals surface area (Å²) < 4.78 is 15.9. The molecule has 0 spiro atoms. The van der Waals surface area contributed by atoms with E-state index in [1.54, 1.807) is 19.3 Å². The molecule has 0 amide bonds. The number of aromatic nitrogens is 2. The van der Waals surface area contributed by atoms with Crippen LogP contribution in [0.25, 0.3) is 11.5 Å². The highest BCUT2D eigenvalue weighted by Crippen LogP contribution is 2.28. The summed E-state index contributed by atoms with van der Waals surface area (Å²) in [5.41, 5.74) is 0.757. The van der Waals surface area contributed by atoms with E-state index in [-0.39, 0.29) is 11.2 Å². The van der Waals surface area contributed by atoms with Crippen LogP contribution in [0.1, 0.15) is 32.4 Å². The number of thioether (sulfide) groups is 1. The molecule has 2 heterocycles. The zero-order chi connectivity index (χ0) is 15.2. The number of carbonyl (C=O) groups is 1. The minimum absolute atomic E-state index is 0.271. The predicted molar refractivity (Wildman–Crippen MR) is 77.9 cm³/mol. The summed E-state index contributed by atoms with van der Waals surface area (Å²) >= 11 is 1.19. The first-order chi connectivity index (χ1) is 10.1. The summed E-state index contributed by atoms with van der Waals surface area (Å²) in [6, 6.07) is 1.76. The van der Waals surface area contributed by atoms with E-state index in [2.05, 4.69) is 10.2 Å². The number of esters is 1. The molecular weight excluding hydrogens is 292 g/mol. The van der Waals surface area contributed by atoms with Crippen LogP contribution in [0.5, 0.6) is 0 Å². The predicted octanol–water partition coefficient (Wildman–Crippen LogP) is 3.46. The van der Waals surface area contributed by atoms with Crippen LogP contribution in [0.3, 0.4) is 0 Å². The van der Waals surface area contributed by atoms with E-state index < -0.39 is 0 Å². The van der Waals surface area contributed by atoms with Crippen molar-refractivity contribution < 1.29 is 18.4 Å². The third-order valence-corrected chi connectivity index (χ3v) is 3.76. The van der Waals surface area contributed by atoms with Crippen LogP contribution < -0.4 is 0 Å². The Balaban J connectivity index is 1.93. The molecule has 2 aromatic rings. The molecule has 0 N–H and O–H groups in total. The number of nitrogens with zero attached hydrogens (tertiary/aromatic N) is 2. The molecule has 0 aliphatic carbocycles. The maximum Gasteiger partial charge on any atom is 0.319 e. The smallest absolute Gasteiger partial charge is 0.319 e. The molecule has 2 aromatic heterocycles. The summed E-state index contributed by atoms with van der Waals surface area (Å²) in [6.07, 6.45) is 3.43. The van der Waals surface area contributed by atoms with E-state index in [1.807, 2.05) is 13.8 Å². The molecule has 6 nitrogen and oxygen atoms in total. The number of rotatable bonds is 7. The standard InChI is InChI=1S/C14H18N2O4S/c1-4-5-7-19-13(17)10(3)21-14-16-15-12(20-14)11-6-8-18-9(11)2/h6,8,10H,4-5,7H2,1-3H3. The van der Waals surface area contributed by atoms with Gasteiger partial charge in [-0.2, -0.15) is 0 Å². The zero-order valence-electron chi connectivity index (χ0n) is 12.3. The van der Waals surface area contributed by atoms with Gasteiger partial charge in [0.25, 0.3) is 11.1 Å². The number of unbranched alkanes of at least 4 members (excludes halogenated alkanes) is 1. The zero-order valence-corrected chi connectivity index (χ0v) is 13.1. The first-order valence-electron chi connectivity index (χ1n) is 6.83. The maximum absolute atomic E-state index is 11.8. The number of furan rings is 1. The van der Waals surface area contributed by atoms with Crippen molar-refractivity contribution in [1.29, 1.82) is 0 Å². The Morgan fingerprint density at radius 3 is 2.95 bits per heavy atom. The highest BCUT2D eigenvalue weighted by atomic mass is 32.2. The second-order valence-electron chi connectivity index (χ2n) is 4.54. The van der Waals surface area contributed by atoms with Crippen molar-refractivity contribution in [3.63, 3.8) is 0 Å². The third kappa shape index (κ3) is 4.10. The second kappa shape index (κ2) is 7.31. The molecule has 1 atom stereocenters. The molecule has 0 aliphatic rings. The van der Waals surface area contributed by atoms with Gasteiger partial charge in [-0.3, -0.25) is 4.79 Å². The lowest BCUT2D eigenvalue weighted by Gasteiger charge is -2.08. The molecule has 0 radical (unpaired) electrons. The minimum Gasteiger partial charge on any atom is -0.469 e. The van der Waals surface area contributed by atoms with Crippen LogP contribution in [0, 0.1) is 6.92 Å². The van der Waals surface area contributed by atoms with Gasteiger partial charge < -0.3 is 13.6 Å². The summed E-state index contributed by atoms with van der Waals surface area (Å²) in [5, 5.41) is 7.84. The van der Waals surface area contributed by atoms with Gasteiger partial charge in [-0.15, -0.1) is 10.2 Å². The highest BCUT2D eigenvalue weighted by molar-refractivity contribution is 8.00. The van der Waals surface area contributed by atoms with Crippen molar-refractivity contribution in [3.05, 3.63) is 18.1 Å².